The number of aryl methyl sites for hydroxylation is 2. The maximum atomic E-state index is 13.0. The molecular formula is C26H27N5O. The van der Waals surface area contributed by atoms with Gasteiger partial charge < -0.3 is 5.32 Å². The Balaban J connectivity index is 1.31. The quantitative estimate of drug-likeness (QED) is 0.510. The van der Waals surface area contributed by atoms with Crippen molar-refractivity contribution in [3.63, 3.8) is 0 Å². The third-order valence-electron chi connectivity index (χ3n) is 6.13. The highest BCUT2D eigenvalue weighted by Gasteiger charge is 2.26. The molecule has 6 nitrogen and oxygen atoms in total. The van der Waals surface area contributed by atoms with Crippen molar-refractivity contribution < 1.29 is 4.79 Å². The smallest absolute Gasteiger partial charge is 0.251 e. The third kappa shape index (κ3) is 3.96. The van der Waals surface area contributed by atoms with Crippen LogP contribution < -0.4 is 5.32 Å². The number of hydrogen-bond donors (Lipinski definition) is 1. The predicted molar refractivity (Wildman–Crippen MR) is 124 cm³/mol. The first-order valence-corrected chi connectivity index (χ1v) is 11.1. The van der Waals surface area contributed by atoms with Crippen molar-refractivity contribution in [2.24, 2.45) is 0 Å². The van der Waals surface area contributed by atoms with Crippen LogP contribution in [0.1, 0.15) is 57.5 Å². The zero-order valence-electron chi connectivity index (χ0n) is 18.5. The van der Waals surface area contributed by atoms with Crippen molar-refractivity contribution in [1.29, 1.82) is 0 Å². The first-order valence-electron chi connectivity index (χ1n) is 11.1. The fourth-order valence-electron chi connectivity index (χ4n) is 4.55. The van der Waals surface area contributed by atoms with Gasteiger partial charge in [0.1, 0.15) is 0 Å². The van der Waals surface area contributed by atoms with Crippen LogP contribution in [0.4, 0.5) is 0 Å². The summed E-state index contributed by atoms with van der Waals surface area (Å²) in [6.07, 6.45) is 4.88. The molecule has 1 atom stereocenters. The normalized spacial score (nSPS) is 15.4. The molecule has 0 fully saturated rings. The van der Waals surface area contributed by atoms with Crippen LogP contribution in [0, 0.1) is 13.8 Å². The highest BCUT2D eigenvalue weighted by molar-refractivity contribution is 5.94. The largest absolute Gasteiger partial charge is 0.345 e. The van der Waals surface area contributed by atoms with Crippen molar-refractivity contribution in [1.82, 2.24) is 24.9 Å². The van der Waals surface area contributed by atoms with E-state index < -0.39 is 0 Å². The van der Waals surface area contributed by atoms with Crippen LogP contribution in [0.3, 0.4) is 0 Å². The molecule has 1 N–H and O–H groups in total. The molecule has 5 rings (SSSR count). The molecule has 1 aliphatic carbocycles. The van der Waals surface area contributed by atoms with Crippen molar-refractivity contribution in [2.75, 3.05) is 0 Å². The van der Waals surface area contributed by atoms with E-state index in [0.29, 0.717) is 5.56 Å². The van der Waals surface area contributed by atoms with Gasteiger partial charge in [0, 0.05) is 22.5 Å². The Morgan fingerprint density at radius 3 is 2.59 bits per heavy atom. The molecule has 2 aromatic heterocycles. The van der Waals surface area contributed by atoms with Gasteiger partial charge in [-0.2, -0.15) is 10.2 Å². The van der Waals surface area contributed by atoms with E-state index in [1.165, 1.54) is 11.3 Å². The van der Waals surface area contributed by atoms with Gasteiger partial charge in [-0.05, 0) is 69.0 Å². The molecule has 32 heavy (non-hydrogen) atoms. The molecule has 1 unspecified atom stereocenters. The monoisotopic (exact) mass is 425 g/mol. The molecule has 0 spiro atoms. The SMILES string of the molecule is Cc1cc(C)n(-c2ccc(C(=O)NC3CCCc4c3cnn4Cc3ccccc3)cc2)n1. The summed E-state index contributed by atoms with van der Waals surface area (Å²) in [5.41, 5.74) is 7.25. The highest BCUT2D eigenvalue weighted by atomic mass is 16.1. The molecule has 0 saturated carbocycles. The van der Waals surface area contributed by atoms with Gasteiger partial charge in [0.15, 0.2) is 0 Å². The van der Waals surface area contributed by atoms with E-state index in [9.17, 15) is 4.79 Å². The molecule has 0 aliphatic heterocycles. The summed E-state index contributed by atoms with van der Waals surface area (Å²) in [5.74, 6) is -0.0569. The lowest BCUT2D eigenvalue weighted by molar-refractivity contribution is 0.0932. The molecule has 6 heteroatoms. The van der Waals surface area contributed by atoms with Crippen LogP contribution >= 0.6 is 0 Å². The van der Waals surface area contributed by atoms with Gasteiger partial charge in [-0.1, -0.05) is 30.3 Å². The molecule has 4 aromatic rings. The molecule has 0 bridgehead atoms. The number of fused-ring (bicyclic) bond motifs is 1. The van der Waals surface area contributed by atoms with Gasteiger partial charge in [0.05, 0.1) is 30.2 Å². The number of nitrogens with zero attached hydrogens (tertiary/aromatic N) is 4. The number of rotatable bonds is 5. The Labute approximate surface area is 187 Å². The topological polar surface area (TPSA) is 64.7 Å². The van der Waals surface area contributed by atoms with Crippen molar-refractivity contribution >= 4 is 5.91 Å². The van der Waals surface area contributed by atoms with Gasteiger partial charge in [-0.3, -0.25) is 9.48 Å². The maximum Gasteiger partial charge on any atom is 0.251 e. The summed E-state index contributed by atoms with van der Waals surface area (Å²) in [6, 6.07) is 20.0. The molecule has 1 amide bonds. The number of aromatic nitrogens is 4. The van der Waals surface area contributed by atoms with Gasteiger partial charge in [0.25, 0.3) is 5.91 Å². The minimum atomic E-state index is -0.0569. The first kappa shape index (κ1) is 20.2. The van der Waals surface area contributed by atoms with Crippen molar-refractivity contribution in [3.05, 3.63) is 101 Å². The summed E-state index contributed by atoms with van der Waals surface area (Å²) in [5, 5.41) is 12.4. The number of carbonyl (C=O) groups excluding carboxylic acids is 1. The highest BCUT2D eigenvalue weighted by Crippen LogP contribution is 2.30. The summed E-state index contributed by atoms with van der Waals surface area (Å²) in [4.78, 5) is 13.0. The van der Waals surface area contributed by atoms with Gasteiger partial charge in [-0.15, -0.1) is 0 Å². The second-order valence-electron chi connectivity index (χ2n) is 8.49. The van der Waals surface area contributed by atoms with Gasteiger partial charge >= 0.3 is 0 Å². The number of hydrogen-bond acceptors (Lipinski definition) is 3. The number of amides is 1. The molecule has 162 valence electrons. The Morgan fingerprint density at radius 1 is 1.09 bits per heavy atom. The summed E-state index contributed by atoms with van der Waals surface area (Å²) < 4.78 is 3.97. The molecule has 2 heterocycles. The van der Waals surface area contributed by atoms with Crippen LogP contribution in [-0.4, -0.2) is 25.5 Å². The first-order chi connectivity index (χ1) is 15.6. The lowest BCUT2D eigenvalue weighted by Crippen LogP contribution is -2.31. The molecule has 1 aliphatic rings. The fourth-order valence-corrected chi connectivity index (χ4v) is 4.55. The van der Waals surface area contributed by atoms with E-state index >= 15 is 0 Å². The van der Waals surface area contributed by atoms with E-state index in [2.05, 4.69) is 44.5 Å². The molecular weight excluding hydrogens is 398 g/mol. The number of nitrogens with one attached hydrogen (secondary N) is 1. The lowest BCUT2D eigenvalue weighted by Gasteiger charge is -2.24. The minimum Gasteiger partial charge on any atom is -0.345 e. The third-order valence-corrected chi connectivity index (χ3v) is 6.13. The van der Waals surface area contributed by atoms with Crippen molar-refractivity contribution in [2.45, 2.75) is 45.7 Å². The van der Waals surface area contributed by atoms with Crippen LogP contribution in [0.25, 0.3) is 5.69 Å². The van der Waals surface area contributed by atoms with Crippen LogP contribution in [0.15, 0.2) is 66.9 Å². The van der Waals surface area contributed by atoms with E-state index in [4.69, 9.17) is 0 Å². The average molecular weight is 426 g/mol. The Morgan fingerprint density at radius 2 is 1.88 bits per heavy atom. The zero-order chi connectivity index (χ0) is 22.1. The Kier molecular flexibility index (Phi) is 5.35. The van der Waals surface area contributed by atoms with Crippen LogP contribution in [0.2, 0.25) is 0 Å². The summed E-state index contributed by atoms with van der Waals surface area (Å²) in [6.45, 7) is 4.76. The van der Waals surface area contributed by atoms with Gasteiger partial charge in [-0.25, -0.2) is 4.68 Å². The molecule has 0 radical (unpaired) electrons. The minimum absolute atomic E-state index is 0.00791. The zero-order valence-corrected chi connectivity index (χ0v) is 18.5. The Hall–Kier alpha value is -3.67. The number of carbonyl (C=O) groups is 1. The second-order valence-corrected chi connectivity index (χ2v) is 8.49. The number of benzene rings is 2. The predicted octanol–water partition coefficient (Wildman–Crippen LogP) is 4.54. The van der Waals surface area contributed by atoms with Crippen LogP contribution in [0.5, 0.6) is 0 Å². The summed E-state index contributed by atoms with van der Waals surface area (Å²) in [7, 11) is 0. The van der Waals surface area contributed by atoms with E-state index in [-0.39, 0.29) is 11.9 Å². The van der Waals surface area contributed by atoms with Gasteiger partial charge in [0.2, 0.25) is 0 Å². The van der Waals surface area contributed by atoms with E-state index in [1.807, 2.05) is 61.1 Å². The summed E-state index contributed by atoms with van der Waals surface area (Å²) >= 11 is 0. The standard InChI is InChI=1S/C26H27N5O/c1-18-15-19(2)31(29-18)22-13-11-21(12-14-22)26(32)28-24-9-6-10-25-23(24)16-27-30(25)17-20-7-4-3-5-8-20/h3-5,7-8,11-16,24H,6,9-10,17H2,1-2H3,(H,28,32). The van der Waals surface area contributed by atoms with E-state index in [0.717, 1.165) is 48.4 Å². The maximum absolute atomic E-state index is 13.0. The van der Waals surface area contributed by atoms with Crippen LogP contribution in [-0.2, 0) is 13.0 Å². The Bertz CT molecular complexity index is 1240. The average Bonchev–Trinajstić information content (AvgIpc) is 3.37. The molecule has 0 saturated heterocycles. The second kappa shape index (κ2) is 8.46. The van der Waals surface area contributed by atoms with Crippen molar-refractivity contribution in [3.8, 4) is 5.69 Å². The fraction of sp³-hybridized carbons (Fsp3) is 0.269. The lowest BCUT2D eigenvalue weighted by atomic mass is 9.92. The molecule has 2 aromatic carbocycles. The van der Waals surface area contributed by atoms with E-state index in [1.54, 1.807) is 0 Å².